The molecule has 0 aromatic rings. The summed E-state index contributed by atoms with van der Waals surface area (Å²) >= 11 is 0. The summed E-state index contributed by atoms with van der Waals surface area (Å²) < 4.78 is 10.5. The van der Waals surface area contributed by atoms with Crippen LogP contribution in [0.5, 0.6) is 0 Å². The summed E-state index contributed by atoms with van der Waals surface area (Å²) in [7, 11) is -3.97. The molecular formula is C10H19O3P. The van der Waals surface area contributed by atoms with Crippen LogP contribution in [0.15, 0.2) is 23.5 Å². The number of allylic oxidation sites excluding steroid dienone is 3. The summed E-state index contributed by atoms with van der Waals surface area (Å²) in [6.45, 7) is 6.03. The Bertz CT molecular complexity index is 259. The van der Waals surface area contributed by atoms with E-state index in [0.717, 1.165) is 18.7 Å². The molecule has 14 heavy (non-hydrogen) atoms. The monoisotopic (exact) mass is 218 g/mol. The third kappa shape index (κ3) is 9.72. The Balaban J connectivity index is 3.88. The highest BCUT2D eigenvalue weighted by Gasteiger charge is 2.06. The van der Waals surface area contributed by atoms with Crippen LogP contribution >= 0.6 is 7.60 Å². The van der Waals surface area contributed by atoms with E-state index in [-0.39, 0.29) is 5.92 Å². The van der Waals surface area contributed by atoms with E-state index >= 15 is 0 Å². The van der Waals surface area contributed by atoms with Gasteiger partial charge in [-0.05, 0) is 32.6 Å². The molecule has 0 bridgehead atoms. The minimum absolute atomic E-state index is 0.207. The van der Waals surface area contributed by atoms with E-state index in [1.165, 1.54) is 5.57 Å². The van der Waals surface area contributed by atoms with Crippen molar-refractivity contribution in [2.24, 2.45) is 5.92 Å². The van der Waals surface area contributed by atoms with Crippen molar-refractivity contribution in [3.63, 3.8) is 0 Å². The summed E-state index contributed by atoms with van der Waals surface area (Å²) in [6, 6.07) is 0. The molecule has 4 heteroatoms. The number of hydrogen-bond acceptors (Lipinski definition) is 1. The second kappa shape index (κ2) is 6.18. The molecule has 2 N–H and O–H groups in total. The van der Waals surface area contributed by atoms with Gasteiger partial charge in [0.1, 0.15) is 0 Å². The van der Waals surface area contributed by atoms with Crippen LogP contribution in [0.4, 0.5) is 0 Å². The van der Waals surface area contributed by atoms with Gasteiger partial charge in [-0.15, -0.1) is 0 Å². The Hall–Kier alpha value is -0.370. The molecule has 0 radical (unpaired) electrons. The fraction of sp³-hybridized carbons (Fsp3) is 0.600. The first-order valence-electron chi connectivity index (χ1n) is 4.69. The lowest BCUT2D eigenvalue weighted by atomic mass is 10.1. The van der Waals surface area contributed by atoms with Crippen molar-refractivity contribution in [3.8, 4) is 0 Å². The minimum atomic E-state index is -3.97. The molecular weight excluding hydrogens is 199 g/mol. The van der Waals surface area contributed by atoms with Crippen LogP contribution in [0.25, 0.3) is 0 Å². The Morgan fingerprint density at radius 3 is 2.43 bits per heavy atom. The van der Waals surface area contributed by atoms with E-state index in [1.807, 2.05) is 20.8 Å². The first-order valence-corrected chi connectivity index (χ1v) is 6.37. The molecule has 0 spiro atoms. The van der Waals surface area contributed by atoms with E-state index < -0.39 is 7.60 Å². The molecule has 0 saturated heterocycles. The Kier molecular flexibility index (Phi) is 6.01. The second-order valence-electron chi connectivity index (χ2n) is 3.77. The summed E-state index contributed by atoms with van der Waals surface area (Å²) in [5.74, 6) is 1.19. The van der Waals surface area contributed by atoms with E-state index in [1.54, 1.807) is 6.08 Å². The third-order valence-electron chi connectivity index (χ3n) is 1.78. The molecule has 0 saturated carbocycles. The first kappa shape index (κ1) is 13.6. The van der Waals surface area contributed by atoms with Crippen LogP contribution in [0, 0.1) is 5.92 Å². The molecule has 0 heterocycles. The molecule has 0 fully saturated rings. The van der Waals surface area contributed by atoms with Gasteiger partial charge in [0.25, 0.3) is 0 Å². The van der Waals surface area contributed by atoms with E-state index in [0.29, 0.717) is 0 Å². The molecule has 0 aromatic carbocycles. The van der Waals surface area contributed by atoms with Gasteiger partial charge in [-0.2, -0.15) is 0 Å². The predicted octanol–water partition coefficient (Wildman–Crippen LogP) is 3.06. The Labute approximate surface area is 85.7 Å². The smallest absolute Gasteiger partial charge is 0.321 e. The fourth-order valence-electron chi connectivity index (χ4n) is 0.990. The largest absolute Gasteiger partial charge is 0.348 e. The molecule has 82 valence electrons. The van der Waals surface area contributed by atoms with Crippen LogP contribution < -0.4 is 0 Å². The van der Waals surface area contributed by atoms with Crippen LogP contribution in [0.2, 0.25) is 0 Å². The topological polar surface area (TPSA) is 57.5 Å². The van der Waals surface area contributed by atoms with Gasteiger partial charge in [0.15, 0.2) is 0 Å². The maximum atomic E-state index is 10.5. The number of hydrogen-bond donors (Lipinski definition) is 2. The highest BCUT2D eigenvalue weighted by molar-refractivity contribution is 7.55. The lowest BCUT2D eigenvalue weighted by Gasteiger charge is -2.03. The highest BCUT2D eigenvalue weighted by Crippen LogP contribution is 2.36. The summed E-state index contributed by atoms with van der Waals surface area (Å²) in [5.41, 5.74) is 1.27. The second-order valence-corrected chi connectivity index (χ2v) is 5.24. The quantitative estimate of drug-likeness (QED) is 0.550. The Morgan fingerprint density at radius 1 is 1.43 bits per heavy atom. The number of rotatable bonds is 5. The zero-order valence-corrected chi connectivity index (χ0v) is 9.87. The van der Waals surface area contributed by atoms with Crippen molar-refractivity contribution in [2.45, 2.75) is 33.6 Å². The van der Waals surface area contributed by atoms with Gasteiger partial charge < -0.3 is 9.79 Å². The first-order chi connectivity index (χ1) is 6.31. The van der Waals surface area contributed by atoms with Gasteiger partial charge >= 0.3 is 7.60 Å². The van der Waals surface area contributed by atoms with Crippen molar-refractivity contribution in [3.05, 3.63) is 23.5 Å². The molecule has 0 rings (SSSR count). The molecule has 0 aliphatic rings. The molecule has 0 amide bonds. The van der Waals surface area contributed by atoms with Gasteiger partial charge in [-0.3, -0.25) is 4.57 Å². The van der Waals surface area contributed by atoms with E-state index in [4.69, 9.17) is 9.79 Å². The lowest BCUT2D eigenvalue weighted by molar-refractivity contribution is 0.385. The zero-order chi connectivity index (χ0) is 11.2. The van der Waals surface area contributed by atoms with Crippen molar-refractivity contribution in [1.29, 1.82) is 0 Å². The van der Waals surface area contributed by atoms with Crippen LogP contribution in [0.1, 0.15) is 33.6 Å². The van der Waals surface area contributed by atoms with Crippen molar-refractivity contribution >= 4 is 7.60 Å². The van der Waals surface area contributed by atoms with Gasteiger partial charge in [0.2, 0.25) is 0 Å². The van der Waals surface area contributed by atoms with Gasteiger partial charge in [-0.1, -0.05) is 24.6 Å². The fourth-order valence-corrected chi connectivity index (χ4v) is 1.51. The molecule has 0 aliphatic carbocycles. The maximum Gasteiger partial charge on any atom is 0.348 e. The third-order valence-corrected chi connectivity index (χ3v) is 2.34. The minimum Gasteiger partial charge on any atom is -0.321 e. The van der Waals surface area contributed by atoms with Crippen LogP contribution in [-0.2, 0) is 4.57 Å². The maximum absolute atomic E-state index is 10.5. The summed E-state index contributed by atoms with van der Waals surface area (Å²) in [4.78, 5) is 17.2. The van der Waals surface area contributed by atoms with Gasteiger partial charge in [0.05, 0.1) is 0 Å². The average molecular weight is 218 g/mol. The Morgan fingerprint density at radius 2 is 2.00 bits per heavy atom. The predicted molar refractivity (Wildman–Crippen MR) is 59.0 cm³/mol. The SMILES string of the molecule is CC(C)=CCCC(C)C=CP(=O)(O)O. The normalized spacial score (nSPS) is 14.4. The summed E-state index contributed by atoms with van der Waals surface area (Å²) in [5, 5.41) is 0. The summed E-state index contributed by atoms with van der Waals surface area (Å²) in [6.07, 6.45) is 5.58. The van der Waals surface area contributed by atoms with Crippen molar-refractivity contribution in [1.82, 2.24) is 0 Å². The molecule has 0 aromatic heterocycles. The molecule has 1 unspecified atom stereocenters. The molecule has 0 aliphatic heterocycles. The van der Waals surface area contributed by atoms with Crippen LogP contribution in [0.3, 0.4) is 0 Å². The van der Waals surface area contributed by atoms with E-state index in [2.05, 4.69) is 6.08 Å². The van der Waals surface area contributed by atoms with Crippen molar-refractivity contribution < 1.29 is 14.4 Å². The molecule has 3 nitrogen and oxygen atoms in total. The highest BCUT2D eigenvalue weighted by atomic mass is 31.2. The zero-order valence-electron chi connectivity index (χ0n) is 8.97. The van der Waals surface area contributed by atoms with Crippen LogP contribution in [-0.4, -0.2) is 9.79 Å². The molecule has 1 atom stereocenters. The van der Waals surface area contributed by atoms with E-state index in [9.17, 15) is 4.57 Å². The standard InChI is InChI=1S/C10H19O3P/c1-9(2)5-4-6-10(3)7-8-14(11,12)13/h5,7-8,10H,4,6H2,1-3H3,(H2,11,12,13). The van der Waals surface area contributed by atoms with Crippen molar-refractivity contribution in [2.75, 3.05) is 0 Å². The average Bonchev–Trinajstić information content (AvgIpc) is 1.99. The van der Waals surface area contributed by atoms with Gasteiger partial charge in [-0.25, -0.2) is 0 Å². The lowest BCUT2D eigenvalue weighted by Crippen LogP contribution is -1.88. The van der Waals surface area contributed by atoms with Gasteiger partial charge in [0, 0.05) is 5.82 Å².